The first-order valence-corrected chi connectivity index (χ1v) is 4.02. The van der Waals surface area contributed by atoms with Crippen molar-refractivity contribution < 1.29 is 14.3 Å². The molecule has 0 aliphatic rings. The molecule has 0 unspecified atom stereocenters. The Morgan fingerprint density at radius 1 is 1.36 bits per heavy atom. The second-order valence-corrected chi connectivity index (χ2v) is 2.81. The average molecular weight is 199 g/mol. The molecule has 0 heterocycles. The summed E-state index contributed by atoms with van der Waals surface area (Å²) in [5, 5.41) is 6.43. The van der Waals surface area contributed by atoms with Crippen molar-refractivity contribution in [1.82, 2.24) is 0 Å². The highest BCUT2D eigenvalue weighted by Gasteiger charge is 2.01. The zero-order chi connectivity index (χ0) is 11.1. The van der Waals surface area contributed by atoms with Crippen LogP contribution in [0, 0.1) is 0 Å². The van der Waals surface area contributed by atoms with Crippen LogP contribution in [0.2, 0.25) is 0 Å². The van der Waals surface area contributed by atoms with E-state index in [1.807, 2.05) is 0 Å². The molecular weight excluding hydrogens is 186 g/mol. The molecule has 14 heavy (non-hydrogen) atoms. The van der Waals surface area contributed by atoms with Gasteiger partial charge in [0, 0.05) is 6.08 Å². The van der Waals surface area contributed by atoms with Crippen LogP contribution in [0.25, 0.3) is 0 Å². The van der Waals surface area contributed by atoms with Crippen LogP contribution >= 0.6 is 0 Å². The van der Waals surface area contributed by atoms with Gasteiger partial charge in [-0.25, -0.2) is 9.59 Å². The van der Waals surface area contributed by atoms with Crippen molar-refractivity contribution in [2.45, 2.75) is 26.9 Å². The standard InChI is InChI=1S/C8H13N3O3/c1-5(2)14-7(12)4-6(3)10-11-8(9)13/h4-5H,1-3H3,(H2,9,13)/b6-4+,11-10?. The maximum absolute atomic E-state index is 11.0. The molecule has 0 aromatic heterocycles. The lowest BCUT2D eigenvalue weighted by molar-refractivity contribution is -0.141. The van der Waals surface area contributed by atoms with E-state index < -0.39 is 12.0 Å². The predicted molar refractivity (Wildman–Crippen MR) is 49.4 cm³/mol. The molecule has 0 aromatic carbocycles. The highest BCUT2D eigenvalue weighted by Crippen LogP contribution is 1.98. The van der Waals surface area contributed by atoms with Crippen molar-refractivity contribution in [3.63, 3.8) is 0 Å². The lowest BCUT2D eigenvalue weighted by atomic mass is 10.4. The normalized spacial score (nSPS) is 12.1. The summed E-state index contributed by atoms with van der Waals surface area (Å²) >= 11 is 0. The lowest BCUT2D eigenvalue weighted by Gasteiger charge is -2.03. The summed E-state index contributed by atoms with van der Waals surface area (Å²) in [6, 6.07) is -0.907. The number of urea groups is 1. The van der Waals surface area contributed by atoms with Crippen molar-refractivity contribution >= 4 is 12.0 Å². The van der Waals surface area contributed by atoms with Crippen LogP contribution in [0.4, 0.5) is 4.79 Å². The van der Waals surface area contributed by atoms with Crippen molar-refractivity contribution in [1.29, 1.82) is 0 Å². The molecule has 2 amide bonds. The van der Waals surface area contributed by atoms with Gasteiger partial charge in [-0.05, 0) is 20.8 Å². The first kappa shape index (κ1) is 12.3. The molecule has 0 fully saturated rings. The van der Waals surface area contributed by atoms with Crippen LogP contribution in [-0.4, -0.2) is 18.1 Å². The number of hydrogen-bond acceptors (Lipinski definition) is 4. The minimum absolute atomic E-state index is 0.195. The molecule has 0 saturated carbocycles. The van der Waals surface area contributed by atoms with Crippen LogP contribution in [0.3, 0.4) is 0 Å². The zero-order valence-corrected chi connectivity index (χ0v) is 8.35. The number of allylic oxidation sites excluding steroid dienone is 1. The van der Waals surface area contributed by atoms with Gasteiger partial charge in [0.15, 0.2) is 0 Å². The topological polar surface area (TPSA) is 94.1 Å². The van der Waals surface area contributed by atoms with E-state index in [-0.39, 0.29) is 11.8 Å². The van der Waals surface area contributed by atoms with Gasteiger partial charge in [-0.15, -0.1) is 0 Å². The monoisotopic (exact) mass is 199 g/mol. The van der Waals surface area contributed by atoms with E-state index >= 15 is 0 Å². The molecule has 0 spiro atoms. The number of ether oxygens (including phenoxy) is 1. The Hall–Kier alpha value is -1.72. The highest BCUT2D eigenvalue weighted by molar-refractivity contribution is 5.82. The number of nitrogens with zero attached hydrogens (tertiary/aromatic N) is 2. The second kappa shape index (κ2) is 5.85. The second-order valence-electron chi connectivity index (χ2n) is 2.81. The number of primary amides is 1. The zero-order valence-electron chi connectivity index (χ0n) is 8.35. The smallest absolute Gasteiger partial charge is 0.356 e. The molecule has 0 saturated heterocycles. The first-order valence-electron chi connectivity index (χ1n) is 4.02. The van der Waals surface area contributed by atoms with Gasteiger partial charge in [0.1, 0.15) is 0 Å². The Bertz CT molecular complexity index is 282. The number of carbonyl (C=O) groups is 2. The number of rotatable bonds is 3. The number of esters is 1. The van der Waals surface area contributed by atoms with Gasteiger partial charge in [-0.3, -0.25) is 0 Å². The molecule has 0 rings (SSSR count). The molecule has 0 bridgehead atoms. The number of carbonyl (C=O) groups excluding carboxylic acids is 2. The number of amides is 2. The molecule has 6 heteroatoms. The van der Waals surface area contributed by atoms with Crippen LogP contribution in [0.5, 0.6) is 0 Å². The Labute approximate surface area is 81.8 Å². The molecular formula is C8H13N3O3. The third kappa shape index (κ3) is 6.96. The van der Waals surface area contributed by atoms with Gasteiger partial charge >= 0.3 is 12.0 Å². The summed E-state index contributed by atoms with van der Waals surface area (Å²) in [6.45, 7) is 4.96. The summed E-state index contributed by atoms with van der Waals surface area (Å²) in [7, 11) is 0. The Morgan fingerprint density at radius 3 is 2.36 bits per heavy atom. The van der Waals surface area contributed by atoms with Gasteiger partial charge < -0.3 is 10.5 Å². The van der Waals surface area contributed by atoms with Gasteiger partial charge in [0.25, 0.3) is 0 Å². The fourth-order valence-electron chi connectivity index (χ4n) is 0.594. The Morgan fingerprint density at radius 2 is 1.93 bits per heavy atom. The quantitative estimate of drug-likeness (QED) is 0.422. The number of azo groups is 1. The first-order chi connectivity index (χ1) is 6.41. The van der Waals surface area contributed by atoms with E-state index in [0.717, 1.165) is 6.08 Å². The summed E-state index contributed by atoms with van der Waals surface area (Å²) in [5.41, 5.74) is 4.97. The van der Waals surface area contributed by atoms with E-state index in [4.69, 9.17) is 10.5 Å². The maximum Gasteiger partial charge on any atom is 0.356 e. The van der Waals surface area contributed by atoms with Crippen molar-refractivity contribution in [3.8, 4) is 0 Å². The molecule has 0 radical (unpaired) electrons. The molecule has 0 aliphatic heterocycles. The molecule has 78 valence electrons. The van der Waals surface area contributed by atoms with Crippen molar-refractivity contribution in [2.75, 3.05) is 0 Å². The van der Waals surface area contributed by atoms with Crippen molar-refractivity contribution in [2.24, 2.45) is 16.0 Å². The third-order valence-electron chi connectivity index (χ3n) is 0.985. The molecule has 0 aromatic rings. The minimum atomic E-state index is -0.907. The predicted octanol–water partition coefficient (Wildman–Crippen LogP) is 1.37. The fraction of sp³-hybridized carbons (Fsp3) is 0.500. The van der Waals surface area contributed by atoms with E-state index in [9.17, 15) is 9.59 Å². The number of hydrogen-bond donors (Lipinski definition) is 1. The SMILES string of the molecule is C/C(=C\C(=O)OC(C)C)N=NC(N)=O. The van der Waals surface area contributed by atoms with Crippen LogP contribution in [0.1, 0.15) is 20.8 Å². The lowest BCUT2D eigenvalue weighted by Crippen LogP contribution is -2.08. The van der Waals surface area contributed by atoms with Crippen molar-refractivity contribution in [3.05, 3.63) is 11.8 Å². The largest absolute Gasteiger partial charge is 0.460 e. The molecule has 6 nitrogen and oxygen atoms in total. The van der Waals surface area contributed by atoms with Gasteiger partial charge in [-0.1, -0.05) is 5.11 Å². The minimum Gasteiger partial charge on any atom is -0.460 e. The fourth-order valence-corrected chi connectivity index (χ4v) is 0.594. The van der Waals surface area contributed by atoms with Crippen LogP contribution < -0.4 is 5.73 Å². The summed E-state index contributed by atoms with van der Waals surface area (Å²) in [6.07, 6.45) is 0.937. The van der Waals surface area contributed by atoms with E-state index in [2.05, 4.69) is 10.2 Å². The summed E-state index contributed by atoms with van der Waals surface area (Å²) in [5.74, 6) is -0.527. The van der Waals surface area contributed by atoms with Gasteiger partial charge in [0.05, 0.1) is 11.8 Å². The molecule has 0 aliphatic carbocycles. The maximum atomic E-state index is 11.0. The van der Waals surface area contributed by atoms with E-state index in [0.29, 0.717) is 0 Å². The van der Waals surface area contributed by atoms with Gasteiger partial charge in [0.2, 0.25) is 0 Å². The highest BCUT2D eigenvalue weighted by atomic mass is 16.5. The molecule has 2 N–H and O–H groups in total. The van der Waals surface area contributed by atoms with E-state index in [1.54, 1.807) is 13.8 Å². The Kier molecular flexibility index (Phi) is 5.13. The number of nitrogens with two attached hydrogens (primary N) is 1. The average Bonchev–Trinajstić information content (AvgIpc) is 1.98. The van der Waals surface area contributed by atoms with Crippen LogP contribution in [-0.2, 0) is 9.53 Å². The third-order valence-corrected chi connectivity index (χ3v) is 0.985. The summed E-state index contributed by atoms with van der Waals surface area (Å²) in [4.78, 5) is 21.2. The molecule has 0 atom stereocenters. The van der Waals surface area contributed by atoms with E-state index in [1.165, 1.54) is 6.92 Å². The Balaban J connectivity index is 4.23. The van der Waals surface area contributed by atoms with Crippen LogP contribution in [0.15, 0.2) is 22.0 Å². The van der Waals surface area contributed by atoms with Gasteiger partial charge in [-0.2, -0.15) is 5.11 Å². The summed E-state index contributed by atoms with van der Waals surface area (Å²) < 4.78 is 4.79.